The van der Waals surface area contributed by atoms with Crippen LogP contribution in [0.15, 0.2) is 36.4 Å². The molecule has 0 spiro atoms. The molecule has 1 heterocycles. The fraction of sp³-hybridized carbons (Fsp3) is 0.409. The number of likely N-dealkylation sites (tertiary alicyclic amines) is 1. The molecule has 0 bridgehead atoms. The number of carbonyl (C=O) groups excluding carboxylic acids is 1. The van der Waals surface area contributed by atoms with Gasteiger partial charge in [-0.2, -0.15) is 0 Å². The predicted octanol–water partition coefficient (Wildman–Crippen LogP) is 4.21. The van der Waals surface area contributed by atoms with Gasteiger partial charge in [0.15, 0.2) is 0 Å². The molecular formula is C22H23F3N2O. The Morgan fingerprint density at radius 3 is 2.54 bits per heavy atom. The summed E-state index contributed by atoms with van der Waals surface area (Å²) in [4.78, 5) is 14.7. The Morgan fingerprint density at radius 1 is 1.04 bits per heavy atom. The third-order valence-electron chi connectivity index (χ3n) is 5.84. The molecule has 1 aliphatic heterocycles. The summed E-state index contributed by atoms with van der Waals surface area (Å²) in [6, 6.07) is 7.68. The molecule has 1 aliphatic carbocycles. The van der Waals surface area contributed by atoms with Crippen LogP contribution >= 0.6 is 0 Å². The number of hydrogen-bond acceptors (Lipinski definition) is 2. The van der Waals surface area contributed by atoms with E-state index in [0.29, 0.717) is 30.6 Å². The zero-order valence-corrected chi connectivity index (χ0v) is 15.5. The van der Waals surface area contributed by atoms with Crippen molar-refractivity contribution in [2.75, 3.05) is 13.1 Å². The second-order valence-corrected chi connectivity index (χ2v) is 7.79. The maximum atomic E-state index is 14.3. The summed E-state index contributed by atoms with van der Waals surface area (Å²) < 4.78 is 42.6. The van der Waals surface area contributed by atoms with E-state index in [1.165, 1.54) is 36.4 Å². The van der Waals surface area contributed by atoms with E-state index in [-0.39, 0.29) is 29.3 Å². The second kappa shape index (κ2) is 7.59. The van der Waals surface area contributed by atoms with Crippen LogP contribution in [0.3, 0.4) is 0 Å². The van der Waals surface area contributed by atoms with Crippen molar-refractivity contribution >= 4 is 5.91 Å². The van der Waals surface area contributed by atoms with E-state index >= 15 is 0 Å². The Kier molecular flexibility index (Phi) is 5.15. The first-order valence-corrected chi connectivity index (χ1v) is 9.74. The van der Waals surface area contributed by atoms with Crippen molar-refractivity contribution in [3.05, 3.63) is 59.4 Å². The zero-order valence-electron chi connectivity index (χ0n) is 15.5. The maximum Gasteiger partial charge on any atom is 0.226 e. The van der Waals surface area contributed by atoms with E-state index in [0.717, 1.165) is 19.3 Å². The Bertz CT molecular complexity index is 881. The van der Waals surface area contributed by atoms with Crippen molar-refractivity contribution in [1.82, 2.24) is 4.90 Å². The first-order chi connectivity index (χ1) is 13.5. The van der Waals surface area contributed by atoms with Gasteiger partial charge < -0.3 is 10.6 Å². The number of amides is 1. The van der Waals surface area contributed by atoms with Gasteiger partial charge in [0, 0.05) is 25.0 Å². The molecule has 148 valence electrons. The van der Waals surface area contributed by atoms with Gasteiger partial charge in [0.1, 0.15) is 17.5 Å². The van der Waals surface area contributed by atoms with Gasteiger partial charge in [0.25, 0.3) is 0 Å². The lowest BCUT2D eigenvalue weighted by Crippen LogP contribution is -2.34. The van der Waals surface area contributed by atoms with E-state index in [1.54, 1.807) is 0 Å². The fourth-order valence-electron chi connectivity index (χ4n) is 4.21. The molecule has 2 aromatic carbocycles. The van der Waals surface area contributed by atoms with Crippen molar-refractivity contribution in [2.45, 2.75) is 37.6 Å². The van der Waals surface area contributed by atoms with Crippen molar-refractivity contribution in [2.24, 2.45) is 11.7 Å². The molecule has 3 nitrogen and oxygen atoms in total. The highest BCUT2D eigenvalue weighted by atomic mass is 19.1. The van der Waals surface area contributed by atoms with E-state index in [2.05, 4.69) is 0 Å². The zero-order chi connectivity index (χ0) is 19.8. The average Bonchev–Trinajstić information content (AvgIpc) is 3.47. The highest BCUT2D eigenvalue weighted by Gasteiger charge is 2.47. The molecule has 2 aliphatic rings. The van der Waals surface area contributed by atoms with Gasteiger partial charge in [-0.25, -0.2) is 13.2 Å². The number of rotatable bonds is 3. The largest absolute Gasteiger partial charge is 0.342 e. The summed E-state index contributed by atoms with van der Waals surface area (Å²) in [7, 11) is 0. The van der Waals surface area contributed by atoms with Crippen LogP contribution < -0.4 is 5.73 Å². The van der Waals surface area contributed by atoms with Crippen molar-refractivity contribution in [1.29, 1.82) is 0 Å². The standard InChI is InChI=1S/C22H23F3N2O/c23-13-6-7-15(21-19(24)4-1-5-20(21)25)16(11-13)17-12-18(17)22(28)27-9-2-3-14(26)8-10-27/h1,4-7,11,14,17-18H,2-3,8-10,12,26H2. The molecule has 0 radical (unpaired) electrons. The summed E-state index contributed by atoms with van der Waals surface area (Å²) in [6.45, 7) is 1.30. The number of carbonyl (C=O) groups is 1. The Balaban J connectivity index is 1.61. The van der Waals surface area contributed by atoms with Gasteiger partial charge in [-0.15, -0.1) is 0 Å². The minimum Gasteiger partial charge on any atom is -0.342 e. The molecule has 3 unspecified atom stereocenters. The van der Waals surface area contributed by atoms with Crippen LogP contribution in [0.5, 0.6) is 0 Å². The molecule has 3 atom stereocenters. The summed E-state index contributed by atoms with van der Waals surface area (Å²) in [6.07, 6.45) is 3.11. The highest BCUT2D eigenvalue weighted by molar-refractivity contribution is 5.84. The number of nitrogens with two attached hydrogens (primary N) is 1. The lowest BCUT2D eigenvalue weighted by atomic mass is 9.94. The van der Waals surface area contributed by atoms with Gasteiger partial charge >= 0.3 is 0 Å². The van der Waals surface area contributed by atoms with Crippen LogP contribution in [0.4, 0.5) is 13.2 Å². The van der Waals surface area contributed by atoms with Gasteiger partial charge in [0.05, 0.1) is 5.56 Å². The van der Waals surface area contributed by atoms with Crippen LogP contribution in [0.1, 0.15) is 37.2 Å². The lowest BCUT2D eigenvalue weighted by Gasteiger charge is -2.21. The topological polar surface area (TPSA) is 46.3 Å². The van der Waals surface area contributed by atoms with E-state index < -0.39 is 17.5 Å². The molecule has 2 aromatic rings. The SMILES string of the molecule is NC1CCCN(C(=O)C2CC2c2cc(F)ccc2-c2c(F)cccc2F)CC1. The third kappa shape index (κ3) is 3.65. The Hall–Kier alpha value is -2.34. The normalized spacial score (nSPS) is 24.7. The average molecular weight is 388 g/mol. The maximum absolute atomic E-state index is 14.3. The van der Waals surface area contributed by atoms with E-state index in [4.69, 9.17) is 5.73 Å². The molecule has 1 saturated carbocycles. The van der Waals surface area contributed by atoms with Crippen LogP contribution in [0, 0.1) is 23.4 Å². The van der Waals surface area contributed by atoms with Crippen molar-refractivity contribution < 1.29 is 18.0 Å². The van der Waals surface area contributed by atoms with E-state index in [9.17, 15) is 18.0 Å². The van der Waals surface area contributed by atoms with Gasteiger partial charge in [0.2, 0.25) is 5.91 Å². The summed E-state index contributed by atoms with van der Waals surface area (Å²) in [5, 5.41) is 0. The van der Waals surface area contributed by atoms with Crippen molar-refractivity contribution in [3.63, 3.8) is 0 Å². The third-order valence-corrected chi connectivity index (χ3v) is 5.84. The first kappa shape index (κ1) is 19.0. The number of halogens is 3. The Morgan fingerprint density at radius 2 is 1.79 bits per heavy atom. The second-order valence-electron chi connectivity index (χ2n) is 7.79. The lowest BCUT2D eigenvalue weighted by molar-refractivity contribution is -0.132. The van der Waals surface area contributed by atoms with Gasteiger partial charge in [-0.05, 0) is 67.0 Å². The van der Waals surface area contributed by atoms with Crippen LogP contribution in [0.2, 0.25) is 0 Å². The number of benzene rings is 2. The predicted molar refractivity (Wildman–Crippen MR) is 101 cm³/mol. The van der Waals surface area contributed by atoms with Crippen molar-refractivity contribution in [3.8, 4) is 11.1 Å². The quantitative estimate of drug-likeness (QED) is 0.856. The Labute approximate surface area is 162 Å². The fourth-order valence-corrected chi connectivity index (χ4v) is 4.21. The molecule has 6 heteroatoms. The molecule has 4 rings (SSSR count). The van der Waals surface area contributed by atoms with Crippen LogP contribution in [-0.4, -0.2) is 29.9 Å². The smallest absolute Gasteiger partial charge is 0.226 e. The molecule has 1 amide bonds. The minimum atomic E-state index is -0.696. The summed E-state index contributed by atoms with van der Waals surface area (Å²) in [5.74, 6) is -2.34. The molecule has 2 N–H and O–H groups in total. The molecular weight excluding hydrogens is 365 g/mol. The van der Waals surface area contributed by atoms with Crippen LogP contribution in [-0.2, 0) is 4.79 Å². The summed E-state index contributed by atoms with van der Waals surface area (Å²) in [5.41, 5.74) is 6.63. The minimum absolute atomic E-state index is 0.0308. The van der Waals surface area contributed by atoms with Gasteiger partial charge in [-0.1, -0.05) is 12.1 Å². The number of hydrogen-bond donors (Lipinski definition) is 1. The summed E-state index contributed by atoms with van der Waals surface area (Å²) >= 11 is 0. The van der Waals surface area contributed by atoms with E-state index in [1.807, 2.05) is 4.90 Å². The van der Waals surface area contributed by atoms with Gasteiger partial charge in [-0.3, -0.25) is 4.79 Å². The molecule has 0 aromatic heterocycles. The number of nitrogens with zero attached hydrogens (tertiary/aromatic N) is 1. The van der Waals surface area contributed by atoms with Crippen LogP contribution in [0.25, 0.3) is 11.1 Å². The molecule has 28 heavy (non-hydrogen) atoms. The molecule has 1 saturated heterocycles. The highest BCUT2D eigenvalue weighted by Crippen LogP contribution is 2.52. The molecule has 2 fully saturated rings. The first-order valence-electron chi connectivity index (χ1n) is 9.74. The monoisotopic (exact) mass is 388 g/mol.